The normalized spacial score (nSPS) is 10.5. The van der Waals surface area contributed by atoms with E-state index in [0.29, 0.717) is 12.8 Å². The molecule has 0 saturated heterocycles. The molecule has 6 heteroatoms. The van der Waals surface area contributed by atoms with E-state index in [1.807, 2.05) is 41.8 Å². The Balaban J connectivity index is 1.56. The lowest BCUT2D eigenvalue weighted by Crippen LogP contribution is -2.12. The lowest BCUT2D eigenvalue weighted by atomic mass is 10.2. The maximum absolute atomic E-state index is 12.0. The maximum atomic E-state index is 12.0. The molecule has 0 fully saturated rings. The fourth-order valence-corrected chi connectivity index (χ4v) is 3.34. The van der Waals surface area contributed by atoms with Gasteiger partial charge in [-0.15, -0.1) is 11.3 Å². The molecular weight excluding hydrogens is 374 g/mol. The van der Waals surface area contributed by atoms with E-state index < -0.39 is 0 Å². The van der Waals surface area contributed by atoms with Crippen molar-refractivity contribution in [2.75, 3.05) is 5.32 Å². The first-order chi connectivity index (χ1) is 11.2. The minimum Gasteiger partial charge on any atom is -0.326 e. The number of amides is 1. The summed E-state index contributed by atoms with van der Waals surface area (Å²) in [6, 6.07) is 11.4. The average molecular weight is 388 g/mol. The van der Waals surface area contributed by atoms with Gasteiger partial charge in [0.1, 0.15) is 5.01 Å². The molecule has 0 aliphatic carbocycles. The molecule has 116 valence electrons. The zero-order valence-corrected chi connectivity index (χ0v) is 14.6. The summed E-state index contributed by atoms with van der Waals surface area (Å²) in [6.07, 6.45) is 4.54. The number of thiazole rings is 1. The largest absolute Gasteiger partial charge is 0.326 e. The third-order valence-corrected chi connectivity index (χ3v) is 4.63. The van der Waals surface area contributed by atoms with Crippen LogP contribution in [0.3, 0.4) is 0 Å². The minimum atomic E-state index is -0.0124. The summed E-state index contributed by atoms with van der Waals surface area (Å²) in [4.78, 5) is 20.6. The molecule has 23 heavy (non-hydrogen) atoms. The molecule has 3 rings (SSSR count). The van der Waals surface area contributed by atoms with Gasteiger partial charge in [-0.25, -0.2) is 4.98 Å². The predicted octanol–water partition coefficient (Wildman–Crippen LogP) is 4.54. The standard InChI is InChI=1S/C17H14BrN3OS/c18-13-2-1-3-14(10-13)20-16(22)5-4-15-11-23-17(21-15)12-6-8-19-9-7-12/h1-3,6-11H,4-5H2,(H,20,22). The molecule has 1 N–H and O–H groups in total. The van der Waals surface area contributed by atoms with Crippen LogP contribution < -0.4 is 5.32 Å². The van der Waals surface area contributed by atoms with Gasteiger partial charge >= 0.3 is 0 Å². The molecule has 0 radical (unpaired) electrons. The molecule has 1 amide bonds. The number of rotatable bonds is 5. The average Bonchev–Trinajstić information content (AvgIpc) is 3.03. The molecule has 2 heterocycles. The van der Waals surface area contributed by atoms with E-state index in [0.717, 1.165) is 26.4 Å². The zero-order valence-electron chi connectivity index (χ0n) is 12.2. The Morgan fingerprint density at radius 2 is 2.04 bits per heavy atom. The van der Waals surface area contributed by atoms with Crippen LogP contribution in [-0.4, -0.2) is 15.9 Å². The summed E-state index contributed by atoms with van der Waals surface area (Å²) in [5.74, 6) is -0.0124. The molecule has 3 aromatic rings. The summed E-state index contributed by atoms with van der Waals surface area (Å²) < 4.78 is 0.941. The number of hydrogen-bond donors (Lipinski definition) is 1. The molecular formula is C17H14BrN3OS. The van der Waals surface area contributed by atoms with Crippen LogP contribution in [-0.2, 0) is 11.2 Å². The quantitative estimate of drug-likeness (QED) is 0.698. The van der Waals surface area contributed by atoms with Crippen molar-refractivity contribution in [1.82, 2.24) is 9.97 Å². The Morgan fingerprint density at radius 1 is 1.22 bits per heavy atom. The van der Waals surface area contributed by atoms with Crippen molar-refractivity contribution < 1.29 is 4.79 Å². The van der Waals surface area contributed by atoms with Gasteiger partial charge in [-0.3, -0.25) is 9.78 Å². The number of aryl methyl sites for hydroxylation is 1. The molecule has 0 aliphatic heterocycles. The number of halogens is 1. The van der Waals surface area contributed by atoms with Gasteiger partial charge < -0.3 is 5.32 Å². The van der Waals surface area contributed by atoms with Crippen LogP contribution in [0.15, 0.2) is 58.6 Å². The highest BCUT2D eigenvalue weighted by atomic mass is 79.9. The zero-order chi connectivity index (χ0) is 16.1. The minimum absolute atomic E-state index is 0.0124. The SMILES string of the molecule is O=C(CCc1csc(-c2ccncc2)n1)Nc1cccc(Br)c1. The fourth-order valence-electron chi connectivity index (χ4n) is 2.08. The Hall–Kier alpha value is -2.05. The topological polar surface area (TPSA) is 54.9 Å². The van der Waals surface area contributed by atoms with Gasteiger partial charge in [0.2, 0.25) is 5.91 Å². The van der Waals surface area contributed by atoms with Gasteiger partial charge in [0.05, 0.1) is 5.69 Å². The van der Waals surface area contributed by atoms with Crippen LogP contribution in [0.5, 0.6) is 0 Å². The maximum Gasteiger partial charge on any atom is 0.224 e. The van der Waals surface area contributed by atoms with Crippen LogP contribution in [0.4, 0.5) is 5.69 Å². The number of carbonyl (C=O) groups excluding carboxylic acids is 1. The summed E-state index contributed by atoms with van der Waals surface area (Å²) >= 11 is 4.97. The molecule has 0 saturated carbocycles. The fraction of sp³-hybridized carbons (Fsp3) is 0.118. The molecule has 0 bridgehead atoms. The van der Waals surface area contributed by atoms with E-state index in [-0.39, 0.29) is 5.91 Å². The van der Waals surface area contributed by atoms with Crippen LogP contribution in [0.25, 0.3) is 10.6 Å². The molecule has 0 aliphatic rings. The highest BCUT2D eigenvalue weighted by Crippen LogP contribution is 2.23. The second-order valence-corrected chi connectivity index (χ2v) is 6.71. The molecule has 1 aromatic carbocycles. The summed E-state index contributed by atoms with van der Waals surface area (Å²) in [5, 5.41) is 5.85. The second kappa shape index (κ2) is 7.48. The van der Waals surface area contributed by atoms with Gasteiger partial charge in [-0.2, -0.15) is 0 Å². The molecule has 0 atom stereocenters. The van der Waals surface area contributed by atoms with Crippen molar-refractivity contribution in [3.63, 3.8) is 0 Å². The highest BCUT2D eigenvalue weighted by molar-refractivity contribution is 9.10. The number of aromatic nitrogens is 2. The van der Waals surface area contributed by atoms with Crippen molar-refractivity contribution in [2.24, 2.45) is 0 Å². The predicted molar refractivity (Wildman–Crippen MR) is 96.4 cm³/mol. The smallest absolute Gasteiger partial charge is 0.224 e. The van der Waals surface area contributed by atoms with Gasteiger partial charge in [-0.05, 0) is 36.8 Å². The van der Waals surface area contributed by atoms with Crippen LogP contribution in [0.2, 0.25) is 0 Å². The van der Waals surface area contributed by atoms with E-state index in [1.54, 1.807) is 23.7 Å². The molecule has 4 nitrogen and oxygen atoms in total. The first kappa shape index (κ1) is 15.8. The highest BCUT2D eigenvalue weighted by Gasteiger charge is 2.08. The van der Waals surface area contributed by atoms with Crippen LogP contribution in [0, 0.1) is 0 Å². The lowest BCUT2D eigenvalue weighted by Gasteiger charge is -2.04. The number of benzene rings is 1. The third kappa shape index (κ3) is 4.46. The van der Waals surface area contributed by atoms with Gasteiger partial charge in [0.15, 0.2) is 0 Å². The van der Waals surface area contributed by atoms with Crippen LogP contribution in [0.1, 0.15) is 12.1 Å². The Kier molecular flexibility index (Phi) is 5.15. The van der Waals surface area contributed by atoms with Crippen molar-refractivity contribution >= 4 is 38.9 Å². The van der Waals surface area contributed by atoms with Gasteiger partial charge in [0.25, 0.3) is 0 Å². The lowest BCUT2D eigenvalue weighted by molar-refractivity contribution is -0.116. The summed E-state index contributed by atoms with van der Waals surface area (Å²) in [5.41, 5.74) is 2.78. The van der Waals surface area contributed by atoms with Crippen molar-refractivity contribution in [1.29, 1.82) is 0 Å². The number of pyridine rings is 1. The first-order valence-electron chi connectivity index (χ1n) is 7.11. The molecule has 2 aromatic heterocycles. The summed E-state index contributed by atoms with van der Waals surface area (Å²) in [6.45, 7) is 0. The van der Waals surface area contributed by atoms with Gasteiger partial charge in [0, 0.05) is 39.9 Å². The van der Waals surface area contributed by atoms with Crippen molar-refractivity contribution in [2.45, 2.75) is 12.8 Å². The van der Waals surface area contributed by atoms with E-state index in [9.17, 15) is 4.79 Å². The number of hydrogen-bond acceptors (Lipinski definition) is 4. The number of carbonyl (C=O) groups is 1. The van der Waals surface area contributed by atoms with Crippen molar-refractivity contribution in [3.8, 4) is 10.6 Å². The Labute approximate surface area is 146 Å². The van der Waals surface area contributed by atoms with E-state index >= 15 is 0 Å². The van der Waals surface area contributed by atoms with E-state index in [2.05, 4.69) is 31.2 Å². The van der Waals surface area contributed by atoms with Crippen molar-refractivity contribution in [3.05, 3.63) is 64.3 Å². The van der Waals surface area contributed by atoms with Crippen LogP contribution >= 0.6 is 27.3 Å². The Morgan fingerprint density at radius 3 is 2.83 bits per heavy atom. The number of anilines is 1. The monoisotopic (exact) mass is 387 g/mol. The Bertz CT molecular complexity index is 804. The van der Waals surface area contributed by atoms with E-state index in [1.165, 1.54) is 0 Å². The molecule has 0 unspecified atom stereocenters. The number of nitrogens with zero attached hydrogens (tertiary/aromatic N) is 2. The third-order valence-electron chi connectivity index (χ3n) is 3.20. The number of nitrogens with one attached hydrogen (secondary N) is 1. The van der Waals surface area contributed by atoms with Gasteiger partial charge in [-0.1, -0.05) is 22.0 Å². The molecule has 0 spiro atoms. The van der Waals surface area contributed by atoms with E-state index in [4.69, 9.17) is 0 Å². The first-order valence-corrected chi connectivity index (χ1v) is 8.78. The summed E-state index contributed by atoms with van der Waals surface area (Å²) in [7, 11) is 0. The second-order valence-electron chi connectivity index (χ2n) is 4.94.